The number of ether oxygens (including phenoxy) is 5. The van der Waals surface area contributed by atoms with E-state index < -0.39 is 135 Å². The number of phenols is 4. The number of ketones is 1. The van der Waals surface area contributed by atoms with Gasteiger partial charge in [0.05, 0.1) is 21.3 Å². The van der Waals surface area contributed by atoms with Crippen LogP contribution < -0.4 is 23.7 Å². The second-order valence-electron chi connectivity index (χ2n) is 19.5. The van der Waals surface area contributed by atoms with Crippen LogP contribution in [0, 0.1) is 5.92 Å². The standard InChI is InChI=1S/C48H58N2O26/c1-72-28-13-23-17-40(57,38(55)26(23)15-30(28)74-3)20-42(59)45(64,65)47(68,69)50(48(70,71)46(42,66)67)44(62,63)32-33(51)35(53)37(36(54)34(32)52)76-21-75-31-16-27-24(14-29(31)73-2)18-41(58,39(27)56)43(60,61)25-9-11-49(12-10-25)19-22-7-5-4-6-8-22/h4-8,13-16,25,38,51-55,57-71H,9-12,17-21H2,1-3H3. The molecule has 0 radical (unpaired) electrons. The number of aliphatic hydroxyl groups excluding tert-OH is 1. The van der Waals surface area contributed by atoms with Gasteiger partial charge < -0.3 is 126 Å². The number of aliphatic hydroxyl groups is 16. The normalized spacial score (nSPS) is 24.9. The molecular formula is C48H58N2O26. The Labute approximate surface area is 428 Å². The van der Waals surface area contributed by atoms with Gasteiger partial charge in [-0.05, 0) is 72.5 Å². The Morgan fingerprint density at radius 1 is 0.645 bits per heavy atom. The van der Waals surface area contributed by atoms with E-state index in [0.29, 0.717) is 19.6 Å². The van der Waals surface area contributed by atoms with Gasteiger partial charge in [0.1, 0.15) is 17.3 Å². The zero-order valence-corrected chi connectivity index (χ0v) is 40.5. The summed E-state index contributed by atoms with van der Waals surface area (Å²) in [6.45, 7) is 0.229. The molecule has 8 rings (SSSR count). The van der Waals surface area contributed by atoms with E-state index in [9.17, 15) is 107 Å². The number of phenolic OH excluding ortho intramolecular Hbond substituents is 4. The molecule has 2 aliphatic heterocycles. The van der Waals surface area contributed by atoms with Crippen molar-refractivity contribution in [2.24, 2.45) is 5.92 Å². The minimum absolute atomic E-state index is 0.0159. The van der Waals surface area contributed by atoms with Crippen molar-refractivity contribution >= 4 is 5.78 Å². The quantitative estimate of drug-likeness (QED) is 0.0302. The molecule has 2 fully saturated rings. The van der Waals surface area contributed by atoms with Crippen LogP contribution in [0.4, 0.5) is 0 Å². The second-order valence-corrected chi connectivity index (χ2v) is 19.5. The van der Waals surface area contributed by atoms with Crippen LogP contribution in [0.15, 0.2) is 54.6 Å². The molecule has 2 heterocycles. The summed E-state index contributed by atoms with van der Waals surface area (Å²) >= 11 is 0. The zero-order chi connectivity index (χ0) is 56.3. The third-order valence-corrected chi connectivity index (χ3v) is 15.1. The summed E-state index contributed by atoms with van der Waals surface area (Å²) in [5.74, 6) is -41.0. The van der Waals surface area contributed by atoms with Gasteiger partial charge >= 0.3 is 0 Å². The first-order valence-electron chi connectivity index (χ1n) is 23.0. The number of piperidine rings is 2. The van der Waals surface area contributed by atoms with Gasteiger partial charge in [-0.25, -0.2) is 0 Å². The van der Waals surface area contributed by atoms with Gasteiger partial charge in [0.25, 0.3) is 29.3 Å². The Balaban J connectivity index is 1.02. The number of likely N-dealkylation sites (tertiary alicyclic amines) is 2. The zero-order valence-electron chi connectivity index (χ0n) is 40.5. The van der Waals surface area contributed by atoms with Crippen molar-refractivity contribution in [3.63, 3.8) is 0 Å². The minimum Gasteiger partial charge on any atom is -0.504 e. The molecule has 3 atom stereocenters. The van der Waals surface area contributed by atoms with Crippen molar-refractivity contribution in [2.75, 3.05) is 41.2 Å². The van der Waals surface area contributed by atoms with Crippen LogP contribution in [-0.4, -0.2) is 205 Å². The Kier molecular flexibility index (Phi) is 13.8. The molecule has 2 saturated heterocycles. The van der Waals surface area contributed by atoms with Gasteiger partial charge in [0.15, 0.2) is 45.7 Å². The minimum atomic E-state index is -5.33. The predicted molar refractivity (Wildman–Crippen MR) is 246 cm³/mol. The van der Waals surface area contributed by atoms with E-state index in [1.807, 2.05) is 30.3 Å². The van der Waals surface area contributed by atoms with E-state index >= 15 is 0 Å². The van der Waals surface area contributed by atoms with Crippen LogP contribution in [0.5, 0.6) is 51.7 Å². The molecule has 0 aromatic heterocycles. The van der Waals surface area contributed by atoms with Gasteiger partial charge in [-0.2, -0.15) is 0 Å². The molecule has 4 aliphatic rings. The maximum atomic E-state index is 13.9. The molecule has 0 spiro atoms. The van der Waals surface area contributed by atoms with Crippen LogP contribution in [0.3, 0.4) is 0 Å². The van der Waals surface area contributed by atoms with Crippen LogP contribution in [0.25, 0.3) is 0 Å². The number of carbonyl (C=O) groups is 1. The van der Waals surface area contributed by atoms with E-state index in [1.165, 1.54) is 26.4 Å². The number of rotatable bonds is 15. The Bertz CT molecular complexity index is 2850. The number of Topliss-reactive ketones (excluding diaryl/α,β-unsaturated/α-hetero) is 1. The number of hydrogen-bond donors (Lipinski definition) is 20. The van der Waals surface area contributed by atoms with E-state index in [4.69, 9.17) is 23.7 Å². The molecule has 0 amide bonds. The second kappa shape index (κ2) is 18.6. The molecule has 0 bridgehead atoms. The highest BCUT2D eigenvalue weighted by atomic mass is 16.7. The lowest BCUT2D eigenvalue weighted by Gasteiger charge is -2.65. The van der Waals surface area contributed by atoms with Crippen LogP contribution >= 0.6 is 0 Å². The first-order chi connectivity index (χ1) is 35.2. The fourth-order valence-corrected chi connectivity index (χ4v) is 10.8. The molecule has 416 valence electrons. The summed E-state index contributed by atoms with van der Waals surface area (Å²) < 4.78 is 26.4. The number of aromatic hydroxyl groups is 4. The van der Waals surface area contributed by atoms with Crippen molar-refractivity contribution in [1.29, 1.82) is 0 Å². The molecule has 20 N–H and O–H groups in total. The van der Waals surface area contributed by atoms with E-state index in [2.05, 4.69) is 4.90 Å². The summed E-state index contributed by atoms with van der Waals surface area (Å²) in [5.41, 5.74) is -12.1. The molecule has 4 aromatic carbocycles. The number of methoxy groups -OCH3 is 3. The lowest BCUT2D eigenvalue weighted by atomic mass is 9.67. The van der Waals surface area contributed by atoms with Crippen LogP contribution in [0.2, 0.25) is 0 Å². The molecular weight excluding hydrogens is 1020 g/mol. The number of nitrogens with zero attached hydrogens (tertiary/aromatic N) is 2. The summed E-state index contributed by atoms with van der Waals surface area (Å²) in [4.78, 5) is 14.3. The number of fused-ring (bicyclic) bond motifs is 2. The lowest BCUT2D eigenvalue weighted by Crippen LogP contribution is -2.95. The first-order valence-corrected chi connectivity index (χ1v) is 23.0. The van der Waals surface area contributed by atoms with Crippen molar-refractivity contribution in [2.45, 2.75) is 96.7 Å². The molecule has 0 saturated carbocycles. The van der Waals surface area contributed by atoms with Crippen LogP contribution in [-0.2, 0) is 25.3 Å². The Morgan fingerprint density at radius 2 is 1.16 bits per heavy atom. The molecule has 76 heavy (non-hydrogen) atoms. The smallest absolute Gasteiger partial charge is 0.294 e. The SMILES string of the molecule is COc1cc2c(cc1OC)C(O)C(O)(CC1(O)C(O)(O)C(O)(O)N(C(O)(O)c3c(O)c(O)c(OCOc4cc5c(cc4OC)CC(O)(C(O)(O)C4CCN(Cc6ccccc6)CC4)C5=O)c(O)c3O)C(O)(O)C1(O)O)C2. The van der Waals surface area contributed by atoms with Gasteiger partial charge in [-0.3, -0.25) is 9.69 Å². The molecule has 28 nitrogen and oxygen atoms in total. The number of hydrogen-bond acceptors (Lipinski definition) is 28. The molecule has 2 aliphatic carbocycles. The summed E-state index contributed by atoms with van der Waals surface area (Å²) in [5, 5.41) is 227. The maximum Gasteiger partial charge on any atom is 0.294 e. The van der Waals surface area contributed by atoms with Gasteiger partial charge in [-0.15, -0.1) is 4.90 Å². The largest absolute Gasteiger partial charge is 0.504 e. The lowest BCUT2D eigenvalue weighted by molar-refractivity contribution is -0.630. The predicted octanol–water partition coefficient (Wildman–Crippen LogP) is -4.80. The van der Waals surface area contributed by atoms with Crippen molar-refractivity contribution in [3.05, 3.63) is 88.0 Å². The number of benzene rings is 4. The summed E-state index contributed by atoms with van der Waals surface area (Å²) in [7, 11) is 3.56. The topological polar surface area (TPSA) is 474 Å². The van der Waals surface area contributed by atoms with E-state index in [1.54, 1.807) is 0 Å². The molecule has 28 heteroatoms. The number of carbonyl (C=O) groups excluding carboxylic acids is 1. The molecule has 4 aromatic rings. The highest BCUT2D eigenvalue weighted by Gasteiger charge is 2.88. The van der Waals surface area contributed by atoms with Crippen molar-refractivity contribution < 1.29 is 131 Å². The summed E-state index contributed by atoms with van der Waals surface area (Å²) in [6.07, 6.45) is -5.36. The molecule has 3 unspecified atom stereocenters. The maximum absolute atomic E-state index is 13.9. The van der Waals surface area contributed by atoms with Gasteiger partial charge in [0.2, 0.25) is 35.6 Å². The van der Waals surface area contributed by atoms with Gasteiger partial charge in [0, 0.05) is 37.3 Å². The van der Waals surface area contributed by atoms with E-state index in [-0.39, 0.29) is 58.1 Å². The van der Waals surface area contributed by atoms with Crippen molar-refractivity contribution in [3.8, 4) is 51.7 Å². The first kappa shape index (κ1) is 56.2. The average molecular weight is 1080 g/mol. The third kappa shape index (κ3) is 8.04. The average Bonchev–Trinajstić information content (AvgIpc) is 3.91. The fraction of sp³-hybridized carbons (Fsp3) is 0.479. The highest BCUT2D eigenvalue weighted by molar-refractivity contribution is 6.08. The Hall–Kier alpha value is -5.97. The van der Waals surface area contributed by atoms with Crippen LogP contribution in [0.1, 0.15) is 63.5 Å². The van der Waals surface area contributed by atoms with Gasteiger partial charge in [-0.1, -0.05) is 30.3 Å². The monoisotopic (exact) mass is 1080 g/mol. The fourth-order valence-electron chi connectivity index (χ4n) is 10.8. The Morgan fingerprint density at radius 3 is 1.70 bits per heavy atom. The summed E-state index contributed by atoms with van der Waals surface area (Å²) in [6, 6.07) is 14.1. The van der Waals surface area contributed by atoms with E-state index in [0.717, 1.165) is 24.8 Å². The highest BCUT2D eigenvalue weighted by Crippen LogP contribution is 2.61. The van der Waals surface area contributed by atoms with Crippen molar-refractivity contribution in [1.82, 2.24) is 9.80 Å². The third-order valence-electron chi connectivity index (χ3n) is 15.1.